The number of nitrogens with zero attached hydrogens (tertiary/aromatic N) is 3. The topological polar surface area (TPSA) is 26.8 Å². The second kappa shape index (κ2) is 10.5. The van der Waals surface area contributed by atoms with E-state index in [1.165, 1.54) is 26.9 Å². The molecule has 0 unspecified atom stereocenters. The number of hydrogen-bond donors (Lipinski definition) is 0. The first kappa shape index (κ1) is 23.3. The van der Waals surface area contributed by atoms with Gasteiger partial charge in [0.15, 0.2) is 0 Å². The van der Waals surface area contributed by atoms with Gasteiger partial charge in [-0.05, 0) is 79.1 Å². The highest BCUT2D eigenvalue weighted by Crippen LogP contribution is 2.36. The Labute approximate surface area is 217 Å². The quantitative estimate of drug-likeness (QED) is 0.280. The molecule has 1 saturated heterocycles. The van der Waals surface area contributed by atoms with Crippen LogP contribution in [0, 0.1) is 0 Å². The lowest BCUT2D eigenvalue weighted by atomic mass is 10.0. The predicted octanol–water partition coefficient (Wildman–Crippen LogP) is 6.66. The van der Waals surface area contributed by atoms with Crippen LogP contribution in [0.25, 0.3) is 10.1 Å². The van der Waals surface area contributed by atoms with Gasteiger partial charge >= 0.3 is 0 Å². The van der Waals surface area contributed by atoms with Crippen molar-refractivity contribution in [1.29, 1.82) is 0 Å². The average Bonchev–Trinajstić information content (AvgIpc) is 3.34. The van der Waals surface area contributed by atoms with Crippen LogP contribution in [-0.2, 0) is 17.6 Å². The number of amides is 1. The van der Waals surface area contributed by atoms with E-state index in [2.05, 4.69) is 75.8 Å². The lowest BCUT2D eigenvalue weighted by Gasteiger charge is -2.36. The van der Waals surface area contributed by atoms with Crippen LogP contribution in [0.2, 0.25) is 0 Å². The minimum Gasteiger partial charge on any atom is -0.368 e. The minimum absolute atomic E-state index is 0.213. The van der Waals surface area contributed by atoms with Crippen LogP contribution >= 0.6 is 11.3 Å². The van der Waals surface area contributed by atoms with Crippen molar-refractivity contribution in [3.8, 4) is 0 Å². The summed E-state index contributed by atoms with van der Waals surface area (Å²) in [4.78, 5) is 20.6. The van der Waals surface area contributed by atoms with Gasteiger partial charge in [0, 0.05) is 48.4 Å². The number of aryl methyl sites for hydroxylation is 2. The molecule has 1 aromatic heterocycles. The smallest absolute Gasteiger partial charge is 0.231 e. The number of carbonyl (C=O) groups excluding carboxylic acids is 1. The summed E-state index contributed by atoms with van der Waals surface area (Å²) in [6.07, 6.45) is 4.52. The van der Waals surface area contributed by atoms with Gasteiger partial charge in [0.25, 0.3) is 0 Å². The van der Waals surface area contributed by atoms with Crippen molar-refractivity contribution in [3.63, 3.8) is 0 Å². The third kappa shape index (κ3) is 4.65. The molecule has 4 nitrogen and oxygen atoms in total. The first-order valence-corrected chi connectivity index (χ1v) is 14.1. The number of rotatable bonds is 6. The van der Waals surface area contributed by atoms with Crippen molar-refractivity contribution in [2.45, 2.75) is 32.1 Å². The van der Waals surface area contributed by atoms with E-state index in [1.54, 1.807) is 0 Å². The predicted molar refractivity (Wildman–Crippen MR) is 152 cm³/mol. The molecule has 36 heavy (non-hydrogen) atoms. The molecule has 5 heteroatoms. The maximum absolute atomic E-state index is 13.5. The Morgan fingerprint density at radius 1 is 0.722 bits per heavy atom. The van der Waals surface area contributed by atoms with Crippen molar-refractivity contribution < 1.29 is 4.79 Å². The molecule has 0 radical (unpaired) electrons. The molecule has 3 heterocycles. The fourth-order valence-electron chi connectivity index (χ4n) is 5.74. The van der Waals surface area contributed by atoms with Crippen LogP contribution in [0.15, 0.2) is 78.2 Å². The van der Waals surface area contributed by atoms with E-state index in [4.69, 9.17) is 0 Å². The molecular formula is C31H33N3OS. The number of thiophene rings is 1. The molecule has 0 spiro atoms. The van der Waals surface area contributed by atoms with Crippen LogP contribution in [0.4, 0.5) is 17.1 Å². The van der Waals surface area contributed by atoms with E-state index >= 15 is 0 Å². The number of benzene rings is 3. The average molecular weight is 496 g/mol. The molecule has 4 aromatic rings. The standard InChI is InChI=1S/C31H33N3OS/c35-31(34-27-10-3-1-8-24(27)15-16-25-9-2-4-11-28(25)34)14-5-6-18-32-19-21-33(22-20-32)29-12-7-13-30-26(29)17-23-36-30/h1-4,7-13,17,23H,5-6,14-16,18-22H2. The lowest BCUT2D eigenvalue weighted by Crippen LogP contribution is -2.46. The van der Waals surface area contributed by atoms with Crippen molar-refractivity contribution >= 4 is 44.4 Å². The molecule has 0 N–H and O–H groups in total. The molecule has 0 aliphatic carbocycles. The molecule has 6 rings (SSSR count). The van der Waals surface area contributed by atoms with Crippen LogP contribution in [0.3, 0.4) is 0 Å². The number of unbranched alkanes of at least 4 members (excludes halogenated alkanes) is 1. The van der Waals surface area contributed by atoms with Gasteiger partial charge in [-0.1, -0.05) is 42.5 Å². The fraction of sp³-hybridized carbons (Fsp3) is 0.323. The second-order valence-electron chi connectivity index (χ2n) is 9.88. The van der Waals surface area contributed by atoms with Crippen LogP contribution in [0.5, 0.6) is 0 Å². The molecule has 0 atom stereocenters. The van der Waals surface area contributed by atoms with E-state index in [1.807, 2.05) is 28.4 Å². The molecular weight excluding hydrogens is 462 g/mol. The molecule has 184 valence electrons. The molecule has 0 saturated carbocycles. The van der Waals surface area contributed by atoms with Gasteiger partial charge in [-0.25, -0.2) is 0 Å². The van der Waals surface area contributed by atoms with Gasteiger partial charge < -0.3 is 4.90 Å². The summed E-state index contributed by atoms with van der Waals surface area (Å²) in [6, 6.07) is 25.7. The highest BCUT2D eigenvalue weighted by atomic mass is 32.1. The number of fused-ring (bicyclic) bond motifs is 3. The Hall–Kier alpha value is -3.15. The number of para-hydroxylation sites is 2. The van der Waals surface area contributed by atoms with Crippen LogP contribution in [-0.4, -0.2) is 43.5 Å². The van der Waals surface area contributed by atoms with Crippen LogP contribution in [0.1, 0.15) is 30.4 Å². The second-order valence-corrected chi connectivity index (χ2v) is 10.8. The van der Waals surface area contributed by atoms with Gasteiger partial charge in [-0.2, -0.15) is 0 Å². The molecule has 0 bridgehead atoms. The third-order valence-corrected chi connectivity index (χ3v) is 8.56. The summed E-state index contributed by atoms with van der Waals surface area (Å²) in [7, 11) is 0. The molecule has 1 amide bonds. The maximum atomic E-state index is 13.5. The van der Waals surface area contributed by atoms with E-state index in [0.717, 1.165) is 69.8 Å². The largest absolute Gasteiger partial charge is 0.368 e. The highest BCUT2D eigenvalue weighted by Gasteiger charge is 2.25. The Bertz CT molecular complexity index is 1310. The lowest BCUT2D eigenvalue weighted by molar-refractivity contribution is -0.118. The summed E-state index contributed by atoms with van der Waals surface area (Å²) in [6.45, 7) is 5.37. The van der Waals surface area contributed by atoms with Gasteiger partial charge in [0.1, 0.15) is 0 Å². The zero-order valence-corrected chi connectivity index (χ0v) is 21.6. The van der Waals surface area contributed by atoms with Crippen molar-refractivity contribution in [1.82, 2.24) is 4.90 Å². The SMILES string of the molecule is O=C(CCCCN1CCN(c2cccc3sccc23)CC1)N1c2ccccc2CCc2ccccc21. The van der Waals surface area contributed by atoms with Gasteiger partial charge in [-0.15, -0.1) is 11.3 Å². The molecule has 2 aliphatic rings. The van der Waals surface area contributed by atoms with Crippen molar-refractivity contribution in [2.75, 3.05) is 42.5 Å². The monoisotopic (exact) mass is 495 g/mol. The fourth-order valence-corrected chi connectivity index (χ4v) is 6.55. The minimum atomic E-state index is 0.213. The Balaban J connectivity index is 1.04. The normalized spacial score (nSPS) is 16.0. The Morgan fingerprint density at radius 2 is 1.39 bits per heavy atom. The van der Waals surface area contributed by atoms with Gasteiger partial charge in [0.2, 0.25) is 5.91 Å². The molecule has 1 fully saturated rings. The molecule has 3 aromatic carbocycles. The van der Waals surface area contributed by atoms with E-state index in [9.17, 15) is 4.79 Å². The summed E-state index contributed by atoms with van der Waals surface area (Å²) in [5.74, 6) is 0.213. The number of hydrogen-bond acceptors (Lipinski definition) is 4. The zero-order valence-electron chi connectivity index (χ0n) is 20.7. The first-order valence-electron chi connectivity index (χ1n) is 13.2. The molecule has 2 aliphatic heterocycles. The summed E-state index contributed by atoms with van der Waals surface area (Å²) in [5, 5.41) is 3.57. The number of piperazine rings is 1. The third-order valence-electron chi connectivity index (χ3n) is 7.68. The summed E-state index contributed by atoms with van der Waals surface area (Å²) < 4.78 is 1.37. The first-order chi connectivity index (χ1) is 17.8. The maximum Gasteiger partial charge on any atom is 0.231 e. The Morgan fingerprint density at radius 3 is 2.11 bits per heavy atom. The summed E-state index contributed by atoms with van der Waals surface area (Å²) in [5.41, 5.74) is 6.02. The van der Waals surface area contributed by atoms with Crippen molar-refractivity contribution in [3.05, 3.63) is 89.3 Å². The number of carbonyl (C=O) groups is 1. The Kier molecular flexibility index (Phi) is 6.75. The van der Waals surface area contributed by atoms with Gasteiger partial charge in [0.05, 0.1) is 11.4 Å². The van der Waals surface area contributed by atoms with E-state index in [-0.39, 0.29) is 5.91 Å². The summed E-state index contributed by atoms with van der Waals surface area (Å²) >= 11 is 1.82. The van der Waals surface area contributed by atoms with Crippen LogP contribution < -0.4 is 9.80 Å². The number of anilines is 3. The van der Waals surface area contributed by atoms with Gasteiger partial charge in [-0.3, -0.25) is 14.6 Å². The van der Waals surface area contributed by atoms with E-state index in [0.29, 0.717) is 6.42 Å². The van der Waals surface area contributed by atoms with E-state index < -0.39 is 0 Å². The highest BCUT2D eigenvalue weighted by molar-refractivity contribution is 7.17. The van der Waals surface area contributed by atoms with Crippen molar-refractivity contribution in [2.24, 2.45) is 0 Å². The zero-order chi connectivity index (χ0) is 24.3.